The summed E-state index contributed by atoms with van der Waals surface area (Å²) in [5, 5.41) is 22.9. The van der Waals surface area contributed by atoms with Crippen molar-refractivity contribution in [1.29, 1.82) is 0 Å². The maximum Gasteiger partial charge on any atom is 0.241 e. The first kappa shape index (κ1) is 18.7. The smallest absolute Gasteiger partial charge is 0.241 e. The van der Waals surface area contributed by atoms with Crippen molar-refractivity contribution in [3.63, 3.8) is 0 Å². The van der Waals surface area contributed by atoms with Crippen molar-refractivity contribution in [1.82, 2.24) is 10.3 Å². The summed E-state index contributed by atoms with van der Waals surface area (Å²) in [5.74, 6) is -0.664. The molecular formula is C20H24N4O3. The Morgan fingerprint density at radius 3 is 2.52 bits per heavy atom. The van der Waals surface area contributed by atoms with Crippen molar-refractivity contribution in [3.05, 3.63) is 54.1 Å². The van der Waals surface area contributed by atoms with Crippen LogP contribution in [0.3, 0.4) is 0 Å². The Morgan fingerprint density at radius 1 is 1.04 bits per heavy atom. The van der Waals surface area contributed by atoms with Gasteiger partial charge in [-0.05, 0) is 24.3 Å². The molecule has 0 aliphatic carbocycles. The highest BCUT2D eigenvalue weighted by atomic mass is 16.3. The fourth-order valence-corrected chi connectivity index (χ4v) is 3.01. The first-order valence-electron chi connectivity index (χ1n) is 8.98. The number of phenolic OH excluding ortho intramolecular Hbond substituents is 2. The number of piperazine rings is 1. The monoisotopic (exact) mass is 368 g/mol. The van der Waals surface area contributed by atoms with E-state index in [-0.39, 0.29) is 17.4 Å². The second kappa shape index (κ2) is 9.05. The number of nitrogens with zero attached hydrogens (tertiary/aromatic N) is 3. The zero-order valence-electron chi connectivity index (χ0n) is 15.1. The summed E-state index contributed by atoms with van der Waals surface area (Å²) in [6, 6.07) is 14.9. The molecule has 2 aromatic carbocycles. The summed E-state index contributed by atoms with van der Waals surface area (Å²) in [4.78, 5) is 16.6. The van der Waals surface area contributed by atoms with E-state index in [4.69, 9.17) is 0 Å². The molecule has 1 fully saturated rings. The number of benzene rings is 2. The van der Waals surface area contributed by atoms with E-state index >= 15 is 0 Å². The molecule has 2 aromatic rings. The van der Waals surface area contributed by atoms with Crippen molar-refractivity contribution in [3.8, 4) is 11.5 Å². The van der Waals surface area contributed by atoms with Crippen molar-refractivity contribution >= 4 is 17.8 Å². The third kappa shape index (κ3) is 5.21. The molecule has 0 spiro atoms. The number of phenols is 2. The number of amides is 1. The van der Waals surface area contributed by atoms with E-state index < -0.39 is 0 Å². The molecule has 0 atom stereocenters. The maximum absolute atomic E-state index is 11.9. The van der Waals surface area contributed by atoms with Crippen LogP contribution in [0.4, 0.5) is 5.69 Å². The Labute approximate surface area is 158 Å². The van der Waals surface area contributed by atoms with Crippen LogP contribution in [-0.4, -0.2) is 60.0 Å². The molecule has 1 heterocycles. The molecule has 1 saturated heterocycles. The normalized spacial score (nSPS) is 15.2. The second-order valence-electron chi connectivity index (χ2n) is 6.42. The van der Waals surface area contributed by atoms with E-state index in [9.17, 15) is 15.0 Å². The average Bonchev–Trinajstić information content (AvgIpc) is 2.71. The van der Waals surface area contributed by atoms with Gasteiger partial charge in [-0.1, -0.05) is 24.3 Å². The molecule has 7 nitrogen and oxygen atoms in total. The van der Waals surface area contributed by atoms with Gasteiger partial charge in [0.1, 0.15) is 0 Å². The van der Waals surface area contributed by atoms with E-state index in [0.717, 1.165) is 26.2 Å². The van der Waals surface area contributed by atoms with Gasteiger partial charge in [0, 0.05) is 50.4 Å². The summed E-state index contributed by atoms with van der Waals surface area (Å²) in [6.07, 6.45) is 1.67. The van der Waals surface area contributed by atoms with Gasteiger partial charge in [-0.3, -0.25) is 9.69 Å². The van der Waals surface area contributed by atoms with Crippen molar-refractivity contribution in [2.45, 2.75) is 6.42 Å². The summed E-state index contributed by atoms with van der Waals surface area (Å²) in [6.45, 7) is 4.41. The predicted molar refractivity (Wildman–Crippen MR) is 105 cm³/mol. The summed E-state index contributed by atoms with van der Waals surface area (Å²) in [7, 11) is 0. The fraction of sp³-hybridized carbons (Fsp3) is 0.300. The number of nitrogens with one attached hydrogen (secondary N) is 1. The third-order valence-electron chi connectivity index (χ3n) is 4.59. The molecule has 0 aromatic heterocycles. The lowest BCUT2D eigenvalue weighted by molar-refractivity contribution is -0.121. The Balaban J connectivity index is 1.39. The number of carbonyl (C=O) groups is 1. The van der Waals surface area contributed by atoms with Gasteiger partial charge in [-0.15, -0.1) is 0 Å². The van der Waals surface area contributed by atoms with Gasteiger partial charge < -0.3 is 15.1 Å². The van der Waals surface area contributed by atoms with Crippen LogP contribution in [-0.2, 0) is 4.79 Å². The van der Waals surface area contributed by atoms with Gasteiger partial charge in [-0.25, -0.2) is 5.43 Å². The molecule has 3 rings (SSSR count). The molecule has 0 saturated carbocycles. The lowest BCUT2D eigenvalue weighted by atomic mass is 10.2. The molecule has 3 N–H and O–H groups in total. The van der Waals surface area contributed by atoms with E-state index in [0.29, 0.717) is 18.5 Å². The Morgan fingerprint density at radius 2 is 1.78 bits per heavy atom. The third-order valence-corrected chi connectivity index (χ3v) is 4.59. The quantitative estimate of drug-likeness (QED) is 0.411. The number of anilines is 1. The van der Waals surface area contributed by atoms with Gasteiger partial charge >= 0.3 is 0 Å². The zero-order chi connectivity index (χ0) is 19.1. The van der Waals surface area contributed by atoms with Crippen LogP contribution >= 0.6 is 0 Å². The molecule has 27 heavy (non-hydrogen) atoms. The standard InChI is InChI=1S/C20H24N4O3/c25-18-8-4-5-16(20(18)27)15-21-22-19(26)9-10-23-11-13-24(14-12-23)17-6-2-1-3-7-17/h1-8,15,25,27H,9-14H2,(H,22,26)/b21-15+. The Bertz CT molecular complexity index is 787. The van der Waals surface area contributed by atoms with Crippen molar-refractivity contribution < 1.29 is 15.0 Å². The zero-order valence-corrected chi connectivity index (χ0v) is 15.1. The Kier molecular flexibility index (Phi) is 6.27. The van der Waals surface area contributed by atoms with Gasteiger partial charge in [0.15, 0.2) is 11.5 Å². The lowest BCUT2D eigenvalue weighted by Gasteiger charge is -2.36. The SMILES string of the molecule is O=C(CCN1CCN(c2ccccc2)CC1)N/N=C/c1cccc(O)c1O. The van der Waals surface area contributed by atoms with Crippen molar-refractivity contribution in [2.75, 3.05) is 37.6 Å². The molecule has 0 unspecified atom stereocenters. The minimum absolute atomic E-state index is 0.184. The van der Waals surface area contributed by atoms with Gasteiger partial charge in [0.05, 0.1) is 6.21 Å². The molecule has 142 valence electrons. The molecular weight excluding hydrogens is 344 g/mol. The highest BCUT2D eigenvalue weighted by Crippen LogP contribution is 2.26. The number of carbonyl (C=O) groups excluding carboxylic acids is 1. The maximum atomic E-state index is 11.9. The average molecular weight is 368 g/mol. The van der Waals surface area contributed by atoms with Crippen LogP contribution in [0.2, 0.25) is 0 Å². The van der Waals surface area contributed by atoms with Gasteiger partial charge in [0.25, 0.3) is 0 Å². The van der Waals surface area contributed by atoms with Crippen LogP contribution in [0.15, 0.2) is 53.6 Å². The number of hydrogen-bond acceptors (Lipinski definition) is 6. The first-order chi connectivity index (χ1) is 13.1. The number of para-hydroxylation sites is 2. The van der Waals surface area contributed by atoms with Crippen LogP contribution in [0.25, 0.3) is 0 Å². The second-order valence-corrected chi connectivity index (χ2v) is 6.42. The summed E-state index contributed by atoms with van der Waals surface area (Å²) >= 11 is 0. The molecule has 1 aliphatic heterocycles. The number of aromatic hydroxyl groups is 2. The first-order valence-corrected chi connectivity index (χ1v) is 8.98. The van der Waals surface area contributed by atoms with E-state index in [1.165, 1.54) is 18.0 Å². The molecule has 1 amide bonds. The van der Waals surface area contributed by atoms with Crippen molar-refractivity contribution in [2.24, 2.45) is 5.10 Å². The fourth-order valence-electron chi connectivity index (χ4n) is 3.01. The van der Waals surface area contributed by atoms with Crippen LogP contribution in [0.5, 0.6) is 11.5 Å². The summed E-state index contributed by atoms with van der Waals surface area (Å²) in [5.41, 5.74) is 4.03. The summed E-state index contributed by atoms with van der Waals surface area (Å²) < 4.78 is 0. The highest BCUT2D eigenvalue weighted by molar-refractivity contribution is 5.86. The minimum Gasteiger partial charge on any atom is -0.504 e. The van der Waals surface area contributed by atoms with Crippen LogP contribution in [0, 0.1) is 0 Å². The minimum atomic E-state index is -0.258. The van der Waals surface area contributed by atoms with E-state index in [1.54, 1.807) is 12.1 Å². The van der Waals surface area contributed by atoms with Gasteiger partial charge in [0.2, 0.25) is 5.91 Å². The van der Waals surface area contributed by atoms with E-state index in [2.05, 4.69) is 32.5 Å². The molecule has 1 aliphatic rings. The number of hydrogen-bond donors (Lipinski definition) is 3. The largest absolute Gasteiger partial charge is 0.504 e. The molecule has 7 heteroatoms. The lowest BCUT2D eigenvalue weighted by Crippen LogP contribution is -2.47. The molecule has 0 radical (unpaired) electrons. The number of hydrazone groups is 1. The molecule has 0 bridgehead atoms. The topological polar surface area (TPSA) is 88.4 Å². The van der Waals surface area contributed by atoms with Gasteiger partial charge in [-0.2, -0.15) is 5.10 Å². The van der Waals surface area contributed by atoms with Crippen LogP contribution < -0.4 is 10.3 Å². The van der Waals surface area contributed by atoms with E-state index in [1.807, 2.05) is 18.2 Å². The number of rotatable bonds is 6. The predicted octanol–water partition coefficient (Wildman–Crippen LogP) is 1.76. The van der Waals surface area contributed by atoms with Crippen LogP contribution in [0.1, 0.15) is 12.0 Å². The Hall–Kier alpha value is -3.06. The highest BCUT2D eigenvalue weighted by Gasteiger charge is 2.17.